The van der Waals surface area contributed by atoms with Crippen LogP contribution in [-0.4, -0.2) is 127 Å². The van der Waals surface area contributed by atoms with Crippen molar-refractivity contribution in [1.29, 1.82) is 0 Å². The van der Waals surface area contributed by atoms with Gasteiger partial charge in [-0.25, -0.2) is 4.99 Å². The van der Waals surface area contributed by atoms with Gasteiger partial charge in [-0.3, -0.25) is 14.2 Å². The van der Waals surface area contributed by atoms with E-state index in [4.69, 9.17) is 33.3 Å². The van der Waals surface area contributed by atoms with E-state index in [9.17, 15) is 15.0 Å². The largest absolute Gasteiger partial charge is 0.390 e. The van der Waals surface area contributed by atoms with Crippen LogP contribution in [-0.2, 0) is 33.1 Å². The molecule has 6 aromatic rings. The maximum absolute atomic E-state index is 12.1. The maximum Gasteiger partial charge on any atom is 0.172 e. The molecule has 3 aromatic heterocycles. The lowest BCUT2D eigenvalue weighted by Gasteiger charge is -2.41. The molecular weight excluding hydrogens is 1030 g/mol. The number of aliphatic hydroxyl groups excluding tert-OH is 1. The molecule has 8 rings (SSSR count). The van der Waals surface area contributed by atoms with Crippen LogP contribution in [0.1, 0.15) is 104 Å². The molecule has 2 aliphatic heterocycles. The van der Waals surface area contributed by atoms with Crippen molar-refractivity contribution in [1.82, 2.24) is 55.2 Å². The number of aromatic nitrogens is 5. The number of likely N-dealkylation sites (N-methyl/N-ethyl adjacent to an activating group) is 1. The third kappa shape index (κ3) is 15.2. The first kappa shape index (κ1) is 58.5. The van der Waals surface area contributed by atoms with E-state index in [1.165, 1.54) is 5.56 Å². The van der Waals surface area contributed by atoms with Gasteiger partial charge in [0.25, 0.3) is 0 Å². The lowest BCUT2D eigenvalue weighted by atomic mass is 9.89. The molecule has 0 amide bonds. The number of nitrogens with zero attached hydrogens (tertiary/aromatic N) is 8. The second-order valence-electron chi connectivity index (χ2n) is 21.5. The van der Waals surface area contributed by atoms with Gasteiger partial charge in [-0.2, -0.15) is 10.2 Å². The van der Waals surface area contributed by atoms with Crippen molar-refractivity contribution in [2.45, 2.75) is 102 Å². The number of fused-ring (bicyclic) bond motifs is 3. The summed E-state index contributed by atoms with van der Waals surface area (Å²) in [4.78, 5) is 26.8. The molecule has 0 spiro atoms. The topological polar surface area (TPSA) is 167 Å². The fourth-order valence-electron chi connectivity index (χ4n) is 10.9. The molecule has 1 atom stereocenters. The summed E-state index contributed by atoms with van der Waals surface area (Å²) in [5, 5.41) is 43.2. The summed E-state index contributed by atoms with van der Waals surface area (Å²) in [5.41, 5.74) is 12.8. The van der Waals surface area contributed by atoms with E-state index < -0.39 is 5.60 Å². The van der Waals surface area contributed by atoms with Gasteiger partial charge in [0.15, 0.2) is 12.0 Å². The molecule has 0 radical (unpaired) electrons. The van der Waals surface area contributed by atoms with Crippen molar-refractivity contribution >= 4 is 52.4 Å². The minimum atomic E-state index is -0.862. The quantitative estimate of drug-likeness (QED) is 0.0110. The van der Waals surface area contributed by atoms with E-state index in [0.29, 0.717) is 66.4 Å². The van der Waals surface area contributed by atoms with Crippen LogP contribution in [0.25, 0.3) is 33.4 Å². The number of carbonyl (C=O) groups excluding carboxylic acids is 1. The summed E-state index contributed by atoms with van der Waals surface area (Å²) < 4.78 is 3.64. The zero-order valence-corrected chi connectivity index (χ0v) is 48.0. The average molecular weight is 1110 g/mol. The molecular formula is C62H80Cl2N12O3. The minimum Gasteiger partial charge on any atom is -0.390 e. The zero-order chi connectivity index (χ0) is 56.1. The van der Waals surface area contributed by atoms with Crippen LogP contribution in [0.5, 0.6) is 0 Å². The highest BCUT2D eigenvalue weighted by Gasteiger charge is 2.34. The lowest BCUT2D eigenvalue weighted by molar-refractivity contribution is -0.0250. The van der Waals surface area contributed by atoms with Crippen LogP contribution in [0.2, 0.25) is 10.0 Å². The Morgan fingerprint density at radius 1 is 0.911 bits per heavy atom. The third-order valence-corrected chi connectivity index (χ3v) is 16.3. The van der Waals surface area contributed by atoms with Crippen molar-refractivity contribution in [2.75, 3.05) is 59.5 Å². The van der Waals surface area contributed by atoms with Crippen molar-refractivity contribution in [3.05, 3.63) is 160 Å². The molecule has 0 saturated carbocycles. The molecule has 79 heavy (non-hydrogen) atoms. The van der Waals surface area contributed by atoms with Crippen LogP contribution >= 0.6 is 23.2 Å². The summed E-state index contributed by atoms with van der Waals surface area (Å²) in [6.45, 7) is 26.3. The van der Waals surface area contributed by atoms with Crippen LogP contribution in [0.3, 0.4) is 0 Å². The molecule has 15 nitrogen and oxygen atoms in total. The van der Waals surface area contributed by atoms with Crippen LogP contribution < -0.4 is 16.0 Å². The number of allylic oxidation sites excluding steroid dienone is 3. The predicted molar refractivity (Wildman–Crippen MR) is 323 cm³/mol. The number of unbranched alkanes of at least 4 members (excludes halogenated alkanes) is 2. The van der Waals surface area contributed by atoms with Crippen molar-refractivity contribution in [2.24, 2.45) is 12.0 Å². The van der Waals surface area contributed by atoms with E-state index >= 15 is 0 Å². The van der Waals surface area contributed by atoms with Gasteiger partial charge in [-0.15, -0.1) is 0 Å². The normalized spacial score (nSPS) is 14.6. The number of hydrogen-bond donors (Lipinski definition) is 6. The van der Waals surface area contributed by atoms with Crippen LogP contribution in [0, 0.1) is 0 Å². The number of benzene rings is 3. The highest BCUT2D eigenvalue weighted by Crippen LogP contribution is 2.42. The Morgan fingerprint density at radius 3 is 2.34 bits per heavy atom. The van der Waals surface area contributed by atoms with Gasteiger partial charge in [0.1, 0.15) is 5.69 Å². The number of hydrogen-bond acceptors (Lipinski definition) is 11. The molecule has 1 unspecified atom stereocenters. The summed E-state index contributed by atoms with van der Waals surface area (Å²) in [6, 6.07) is 22.7. The Morgan fingerprint density at radius 2 is 1.63 bits per heavy atom. The molecule has 17 heteroatoms. The Bertz CT molecular complexity index is 3100. The first-order chi connectivity index (χ1) is 38.1. The molecule has 2 aliphatic rings. The molecule has 0 aliphatic carbocycles. The Balaban J connectivity index is 0.686. The number of H-pyrrole nitrogens is 1. The van der Waals surface area contributed by atoms with Gasteiger partial charge in [0.05, 0.1) is 52.0 Å². The van der Waals surface area contributed by atoms with Crippen molar-refractivity contribution in [3.8, 4) is 22.5 Å². The highest BCUT2D eigenvalue weighted by atomic mass is 35.5. The molecule has 6 N–H and O–H groups in total. The smallest absolute Gasteiger partial charge is 0.172 e. The van der Waals surface area contributed by atoms with Crippen molar-refractivity contribution < 1.29 is 15.0 Å². The summed E-state index contributed by atoms with van der Waals surface area (Å²) in [7, 11) is 3.73. The number of aryl methyl sites for hydroxylation is 1. The first-order valence-corrected chi connectivity index (χ1v) is 28.6. The van der Waals surface area contributed by atoms with Gasteiger partial charge in [-0.1, -0.05) is 117 Å². The Labute approximate surface area is 476 Å². The second-order valence-corrected chi connectivity index (χ2v) is 22.3. The van der Waals surface area contributed by atoms with Gasteiger partial charge in [0, 0.05) is 130 Å². The number of aliphatic imine (C=N–C) groups is 1. The molecule has 1 saturated heterocycles. The monoisotopic (exact) mass is 1110 g/mol. The van der Waals surface area contributed by atoms with Gasteiger partial charge < -0.3 is 45.8 Å². The van der Waals surface area contributed by atoms with E-state index in [-0.39, 0.29) is 12.3 Å². The predicted octanol–water partition coefficient (Wildman–Crippen LogP) is 10.9. The minimum absolute atomic E-state index is 0.0801. The first-order valence-electron chi connectivity index (χ1n) is 27.8. The Kier molecular flexibility index (Phi) is 20.4. The van der Waals surface area contributed by atoms with E-state index in [1.807, 2.05) is 60.2 Å². The summed E-state index contributed by atoms with van der Waals surface area (Å²) in [5.74, 6) is 0.376. The number of rotatable bonds is 30. The van der Waals surface area contributed by atoms with Gasteiger partial charge >= 0.3 is 0 Å². The van der Waals surface area contributed by atoms with E-state index in [2.05, 4.69) is 105 Å². The maximum atomic E-state index is 12.1. The van der Waals surface area contributed by atoms with Gasteiger partial charge in [-0.05, 0) is 87.1 Å². The van der Waals surface area contributed by atoms with Crippen molar-refractivity contribution in [3.63, 3.8) is 0 Å². The molecule has 1 fully saturated rings. The second kappa shape index (κ2) is 27.5. The number of aromatic amines is 1. The number of piperidine rings is 1. The number of halogens is 2. The summed E-state index contributed by atoms with van der Waals surface area (Å²) >= 11 is 13.3. The lowest BCUT2D eigenvalue weighted by Crippen LogP contribution is -2.49. The number of carbonyl (C=O) groups is 1. The fraction of sp³-hybridized carbons (Fsp3) is 0.419. The van der Waals surface area contributed by atoms with Crippen LogP contribution in [0.4, 0.5) is 5.69 Å². The number of nitrogens with one attached hydrogen (secondary N) is 4. The summed E-state index contributed by atoms with van der Waals surface area (Å²) in [6.07, 6.45) is 13.4. The molecule has 5 heterocycles. The third-order valence-electron chi connectivity index (χ3n) is 15.5. The molecule has 0 bridgehead atoms. The average Bonchev–Trinajstić information content (AvgIpc) is 4.40. The SMILES string of the molecule is C=C(CCCCCC(=C)NCCn1ccc(-c2cc(Cl)c(Cl)c3[nH]c4c(c23)CN(C(=C)CO)CC4)n1)NCCCNCc1ccc(-c2c(N=CN(C)CC3(O)CCN(C(=C)CC(C)c4ccccc4)CC3)c(C=O)nn2C)cc1. The number of likely N-dealkylation sites (tertiary alicyclic amines) is 1. The van der Waals surface area contributed by atoms with E-state index in [0.717, 1.165) is 164 Å². The molecule has 3 aromatic carbocycles. The van der Waals surface area contributed by atoms with Crippen LogP contribution in [0.15, 0.2) is 127 Å². The Hall–Kier alpha value is -6.62. The fourth-order valence-corrected chi connectivity index (χ4v) is 11.3. The number of aliphatic hydroxyl groups is 2. The van der Waals surface area contributed by atoms with E-state index in [1.54, 1.807) is 11.0 Å². The number of aldehydes is 1. The highest BCUT2D eigenvalue weighted by molar-refractivity contribution is 6.45. The zero-order valence-electron chi connectivity index (χ0n) is 46.5. The molecule has 420 valence electrons. The standard InChI is InChI=1S/C62H80Cl2N12O3/c1-43(49-17-12-9-13-18-49)35-46(4)74-32-25-62(79,26-33-74)41-72(6)42-68-59-56(40-78)70-73(7)61(59)50-21-19-48(20-22-50)37-65-27-14-28-66-44(2)15-10-8-11-16-45(3)67-29-34-76-31-24-55(71-76)51-36-53(63)58(64)60-57(51)52-38-75(47(5)39-77)30-23-54(52)69-60/h9,12-13,17-22,24,31,36,40,42-43,65-67,69,77,79H,2-5,8,10-11,14-16,23,25-30,32-35,37-39,41H2,1,6-7H3. The van der Waals surface area contributed by atoms with Gasteiger partial charge in [0.2, 0.25) is 0 Å².